The molecule has 37 heavy (non-hydrogen) atoms. The van der Waals surface area contributed by atoms with Crippen LogP contribution in [0.2, 0.25) is 0 Å². The van der Waals surface area contributed by atoms with Crippen LogP contribution in [0.5, 0.6) is 0 Å². The summed E-state index contributed by atoms with van der Waals surface area (Å²) in [7, 11) is 3.17. The monoisotopic (exact) mass is 505 g/mol. The van der Waals surface area contributed by atoms with Gasteiger partial charge in [-0.05, 0) is 63.1 Å². The molecule has 5 rings (SSSR count). The number of aryl methyl sites for hydroxylation is 1. The Bertz CT molecular complexity index is 1280. The standard InChI is InChI=1S/C29H35N3O5/c1-18-9-14-22-24(31(18)29(35)37-3)15-16-25-27(22)30-26(32(25)20-10-12-21(36-2)13-11-20)17-23(28(33)34)19-7-5-4-6-8-19/h4-8,15-16,18,20-21,23H,9-14,17H2,1-3H3,(H,33,34)/t18-,20?,21?,23+/m0/s1. The molecule has 1 aliphatic heterocycles. The van der Waals surface area contributed by atoms with E-state index in [4.69, 9.17) is 14.5 Å². The van der Waals surface area contributed by atoms with E-state index in [0.29, 0.717) is 6.42 Å². The van der Waals surface area contributed by atoms with Crippen molar-refractivity contribution in [2.75, 3.05) is 19.1 Å². The highest BCUT2D eigenvalue weighted by Crippen LogP contribution is 2.40. The van der Waals surface area contributed by atoms with Crippen LogP contribution >= 0.6 is 0 Å². The maximum atomic E-state index is 12.6. The first-order chi connectivity index (χ1) is 17.9. The molecule has 2 aromatic carbocycles. The van der Waals surface area contributed by atoms with Crippen molar-refractivity contribution in [3.05, 3.63) is 59.4 Å². The summed E-state index contributed by atoms with van der Waals surface area (Å²) in [6.07, 6.45) is 5.60. The Morgan fingerprint density at radius 3 is 2.43 bits per heavy atom. The number of carbonyl (C=O) groups is 2. The number of benzene rings is 2. The molecule has 1 aromatic heterocycles. The van der Waals surface area contributed by atoms with E-state index in [0.717, 1.165) is 72.2 Å². The van der Waals surface area contributed by atoms with Crippen LogP contribution in [0, 0.1) is 0 Å². The van der Waals surface area contributed by atoms with Gasteiger partial charge in [-0.3, -0.25) is 9.69 Å². The van der Waals surface area contributed by atoms with Crippen LogP contribution in [-0.4, -0.2) is 53.1 Å². The highest BCUT2D eigenvalue weighted by atomic mass is 16.5. The van der Waals surface area contributed by atoms with E-state index >= 15 is 0 Å². The Morgan fingerprint density at radius 2 is 1.78 bits per heavy atom. The molecule has 3 aromatic rings. The van der Waals surface area contributed by atoms with Gasteiger partial charge in [-0.25, -0.2) is 9.78 Å². The zero-order valence-corrected chi connectivity index (χ0v) is 21.7. The Kier molecular flexibility index (Phi) is 7.20. The molecule has 1 aliphatic carbocycles. The summed E-state index contributed by atoms with van der Waals surface area (Å²) in [6.45, 7) is 2.03. The number of aromatic nitrogens is 2. The van der Waals surface area contributed by atoms with Crippen molar-refractivity contribution in [3.63, 3.8) is 0 Å². The Labute approximate surface area is 217 Å². The minimum atomic E-state index is -0.861. The van der Waals surface area contributed by atoms with Crippen molar-refractivity contribution >= 4 is 28.8 Å². The van der Waals surface area contributed by atoms with Crippen LogP contribution < -0.4 is 4.90 Å². The van der Waals surface area contributed by atoms with Crippen molar-refractivity contribution in [1.29, 1.82) is 0 Å². The topological polar surface area (TPSA) is 93.9 Å². The number of nitrogens with zero attached hydrogens (tertiary/aromatic N) is 3. The van der Waals surface area contributed by atoms with Crippen LogP contribution in [-0.2, 0) is 27.1 Å². The third-order valence-electron chi connectivity index (χ3n) is 8.13. The number of anilines is 1. The van der Waals surface area contributed by atoms with E-state index in [1.54, 1.807) is 12.0 Å². The minimum absolute atomic E-state index is 0.0257. The number of carboxylic acid groups (broad SMARTS) is 1. The first-order valence-electron chi connectivity index (χ1n) is 13.1. The number of rotatable bonds is 6. The van der Waals surface area contributed by atoms with Crippen LogP contribution in [0.4, 0.5) is 10.5 Å². The van der Waals surface area contributed by atoms with Gasteiger partial charge in [-0.15, -0.1) is 0 Å². The smallest absolute Gasteiger partial charge is 0.414 e. The van der Waals surface area contributed by atoms with Crippen LogP contribution in [0.15, 0.2) is 42.5 Å². The molecule has 2 aliphatic rings. The molecule has 2 atom stereocenters. The maximum Gasteiger partial charge on any atom is 0.414 e. The normalized spacial score (nSPS) is 22.5. The van der Waals surface area contributed by atoms with Crippen molar-refractivity contribution < 1.29 is 24.2 Å². The number of aliphatic carboxylic acids is 1. The summed E-state index contributed by atoms with van der Waals surface area (Å²) >= 11 is 0. The fraction of sp³-hybridized carbons (Fsp3) is 0.483. The highest BCUT2D eigenvalue weighted by Gasteiger charge is 2.34. The van der Waals surface area contributed by atoms with E-state index in [2.05, 4.69) is 4.57 Å². The van der Waals surface area contributed by atoms with E-state index in [1.807, 2.05) is 49.4 Å². The number of hydrogen-bond donors (Lipinski definition) is 1. The molecule has 8 nitrogen and oxygen atoms in total. The Balaban J connectivity index is 1.63. The van der Waals surface area contributed by atoms with Crippen molar-refractivity contribution in [2.45, 2.75) is 76.0 Å². The van der Waals surface area contributed by atoms with Gasteiger partial charge < -0.3 is 19.1 Å². The number of carbonyl (C=O) groups excluding carboxylic acids is 1. The second kappa shape index (κ2) is 10.5. The largest absolute Gasteiger partial charge is 0.481 e. The fourth-order valence-electron chi connectivity index (χ4n) is 6.13. The third-order valence-corrected chi connectivity index (χ3v) is 8.13. The van der Waals surface area contributed by atoms with Gasteiger partial charge in [0.25, 0.3) is 0 Å². The van der Waals surface area contributed by atoms with Crippen molar-refractivity contribution in [3.8, 4) is 0 Å². The van der Waals surface area contributed by atoms with Gasteiger partial charge in [0, 0.05) is 31.2 Å². The Morgan fingerprint density at radius 1 is 1.05 bits per heavy atom. The number of ether oxygens (including phenoxy) is 2. The van der Waals surface area contributed by atoms with Crippen LogP contribution in [0.1, 0.15) is 67.9 Å². The van der Waals surface area contributed by atoms with E-state index in [1.165, 1.54) is 7.11 Å². The molecule has 196 valence electrons. The van der Waals surface area contributed by atoms with Gasteiger partial charge in [0.05, 0.1) is 35.9 Å². The highest BCUT2D eigenvalue weighted by molar-refractivity contribution is 5.95. The fourth-order valence-corrected chi connectivity index (χ4v) is 6.13. The number of hydrogen-bond acceptors (Lipinski definition) is 5. The van der Waals surface area contributed by atoms with Crippen LogP contribution in [0.3, 0.4) is 0 Å². The van der Waals surface area contributed by atoms with Crippen LogP contribution in [0.25, 0.3) is 11.0 Å². The summed E-state index contributed by atoms with van der Waals surface area (Å²) in [5, 5.41) is 10.2. The molecule has 2 heterocycles. The number of amides is 1. The number of imidazole rings is 1. The average Bonchev–Trinajstić information content (AvgIpc) is 3.30. The van der Waals surface area contributed by atoms with Gasteiger partial charge in [-0.2, -0.15) is 0 Å². The lowest BCUT2D eigenvalue weighted by Gasteiger charge is -2.34. The molecule has 0 saturated heterocycles. The molecule has 0 unspecified atom stereocenters. The minimum Gasteiger partial charge on any atom is -0.481 e. The molecule has 1 fully saturated rings. The third kappa shape index (κ3) is 4.70. The molecule has 8 heteroatoms. The van der Waals surface area contributed by atoms with Crippen molar-refractivity contribution in [2.24, 2.45) is 0 Å². The lowest BCUT2D eigenvalue weighted by Crippen LogP contribution is -2.42. The second-order valence-electron chi connectivity index (χ2n) is 10.2. The predicted octanol–water partition coefficient (Wildman–Crippen LogP) is 5.48. The number of methoxy groups -OCH3 is 2. The molecular formula is C29H35N3O5. The number of fused-ring (bicyclic) bond motifs is 3. The predicted molar refractivity (Wildman–Crippen MR) is 141 cm³/mol. The summed E-state index contributed by atoms with van der Waals surface area (Å²) < 4.78 is 13.0. The molecule has 1 saturated carbocycles. The molecular weight excluding hydrogens is 470 g/mol. The zero-order chi connectivity index (χ0) is 26.1. The summed E-state index contributed by atoms with van der Waals surface area (Å²) in [6, 6.07) is 13.7. The Hall–Kier alpha value is -3.39. The molecule has 0 spiro atoms. The van der Waals surface area contributed by atoms with E-state index in [-0.39, 0.29) is 24.3 Å². The first-order valence-corrected chi connectivity index (χ1v) is 13.1. The quantitative estimate of drug-likeness (QED) is 0.476. The summed E-state index contributed by atoms with van der Waals surface area (Å²) in [4.78, 5) is 31.9. The molecule has 0 radical (unpaired) electrons. The van der Waals surface area contributed by atoms with Gasteiger partial charge in [0.2, 0.25) is 0 Å². The maximum absolute atomic E-state index is 12.6. The number of carboxylic acids is 1. The lowest BCUT2D eigenvalue weighted by molar-refractivity contribution is -0.138. The molecule has 0 bridgehead atoms. The second-order valence-corrected chi connectivity index (χ2v) is 10.2. The van der Waals surface area contributed by atoms with E-state index in [9.17, 15) is 14.7 Å². The summed E-state index contributed by atoms with van der Waals surface area (Å²) in [5.74, 6) is -0.779. The average molecular weight is 506 g/mol. The SMILES string of the molecule is COC(=O)N1c2ccc3c(nc(C[C@@H](C(=O)O)c4ccccc4)n3C3CCC(OC)CC3)c2CC[C@@H]1C. The first kappa shape index (κ1) is 25.3. The van der Waals surface area contributed by atoms with Gasteiger partial charge >= 0.3 is 12.1 Å². The summed E-state index contributed by atoms with van der Waals surface area (Å²) in [5.41, 5.74) is 4.49. The lowest BCUT2D eigenvalue weighted by atomic mass is 9.91. The van der Waals surface area contributed by atoms with Crippen molar-refractivity contribution in [1.82, 2.24) is 9.55 Å². The van der Waals surface area contributed by atoms with Gasteiger partial charge in [0.1, 0.15) is 5.82 Å². The molecule has 1 amide bonds. The van der Waals surface area contributed by atoms with Gasteiger partial charge in [-0.1, -0.05) is 30.3 Å². The van der Waals surface area contributed by atoms with Gasteiger partial charge in [0.15, 0.2) is 0 Å². The molecule has 1 N–H and O–H groups in total. The van der Waals surface area contributed by atoms with E-state index < -0.39 is 11.9 Å². The zero-order valence-electron chi connectivity index (χ0n) is 21.7.